The number of nitrogens with zero attached hydrogens (tertiary/aromatic N) is 1. The Labute approximate surface area is 134 Å². The molecule has 0 aliphatic carbocycles. The number of aromatic nitrogens is 1. The Morgan fingerprint density at radius 3 is 2.95 bits per heavy atom. The lowest BCUT2D eigenvalue weighted by Crippen LogP contribution is -2.34. The number of hydrogen-bond donors (Lipinski definition) is 1. The van der Waals surface area contributed by atoms with Gasteiger partial charge in [-0.15, -0.1) is 23.1 Å². The van der Waals surface area contributed by atoms with Gasteiger partial charge < -0.3 is 5.32 Å². The molecule has 0 radical (unpaired) electrons. The molecule has 0 fully saturated rings. The number of benzene rings is 1. The molecule has 0 saturated heterocycles. The maximum atomic E-state index is 13.2. The van der Waals surface area contributed by atoms with Gasteiger partial charge in [0.05, 0.1) is 5.01 Å². The van der Waals surface area contributed by atoms with E-state index in [-0.39, 0.29) is 5.82 Å². The zero-order valence-electron chi connectivity index (χ0n) is 12.4. The van der Waals surface area contributed by atoms with Crippen LogP contribution in [0.2, 0.25) is 0 Å². The van der Waals surface area contributed by atoms with E-state index in [9.17, 15) is 4.39 Å². The van der Waals surface area contributed by atoms with Crippen molar-refractivity contribution in [2.75, 3.05) is 12.3 Å². The quantitative estimate of drug-likeness (QED) is 0.733. The van der Waals surface area contributed by atoms with Crippen molar-refractivity contribution in [1.29, 1.82) is 0 Å². The number of rotatable bonds is 8. The molecule has 114 valence electrons. The molecule has 2 aromatic rings. The van der Waals surface area contributed by atoms with E-state index < -0.39 is 0 Å². The number of nitrogens with one attached hydrogen (secondary N) is 1. The molecule has 0 saturated carbocycles. The summed E-state index contributed by atoms with van der Waals surface area (Å²) in [5.74, 6) is 0.746. The number of hydrogen-bond acceptors (Lipinski definition) is 4. The lowest BCUT2D eigenvalue weighted by Gasteiger charge is -2.17. The summed E-state index contributed by atoms with van der Waals surface area (Å²) < 4.78 is 13.2. The van der Waals surface area contributed by atoms with Gasteiger partial charge in [0.25, 0.3) is 0 Å². The van der Waals surface area contributed by atoms with Gasteiger partial charge in [-0.25, -0.2) is 9.37 Å². The number of halogens is 1. The summed E-state index contributed by atoms with van der Waals surface area (Å²) in [6.07, 6.45) is 2.04. The van der Waals surface area contributed by atoms with E-state index in [2.05, 4.69) is 22.6 Å². The van der Waals surface area contributed by atoms with Crippen molar-refractivity contribution in [3.8, 4) is 0 Å². The second kappa shape index (κ2) is 8.51. The third-order valence-electron chi connectivity index (χ3n) is 3.02. The lowest BCUT2D eigenvalue weighted by atomic mass is 10.2. The molecular weight excluding hydrogens is 303 g/mol. The van der Waals surface area contributed by atoms with Gasteiger partial charge in [0.1, 0.15) is 5.82 Å². The topological polar surface area (TPSA) is 24.9 Å². The summed E-state index contributed by atoms with van der Waals surface area (Å²) in [5.41, 5.74) is 1.09. The van der Waals surface area contributed by atoms with E-state index in [0.717, 1.165) is 35.7 Å². The van der Waals surface area contributed by atoms with Crippen molar-refractivity contribution >= 4 is 23.1 Å². The van der Waals surface area contributed by atoms with E-state index in [4.69, 9.17) is 0 Å². The molecule has 1 unspecified atom stereocenters. The minimum Gasteiger partial charge on any atom is -0.313 e. The molecule has 0 bridgehead atoms. The highest BCUT2D eigenvalue weighted by Crippen LogP contribution is 2.21. The second-order valence-electron chi connectivity index (χ2n) is 5.01. The summed E-state index contributed by atoms with van der Waals surface area (Å²) in [5, 5.41) is 6.82. The fourth-order valence-electron chi connectivity index (χ4n) is 2.00. The van der Waals surface area contributed by atoms with Crippen LogP contribution in [0.1, 0.15) is 24.0 Å². The van der Waals surface area contributed by atoms with Gasteiger partial charge in [-0.2, -0.15) is 0 Å². The van der Waals surface area contributed by atoms with Crippen LogP contribution in [0.3, 0.4) is 0 Å². The van der Waals surface area contributed by atoms with Gasteiger partial charge in [0, 0.05) is 34.2 Å². The predicted molar refractivity (Wildman–Crippen MR) is 89.8 cm³/mol. The maximum absolute atomic E-state index is 13.2. The van der Waals surface area contributed by atoms with Crippen molar-refractivity contribution in [3.05, 3.63) is 46.2 Å². The Balaban J connectivity index is 1.92. The maximum Gasteiger partial charge on any atom is 0.124 e. The van der Waals surface area contributed by atoms with Gasteiger partial charge in [0.2, 0.25) is 0 Å². The first-order valence-electron chi connectivity index (χ1n) is 7.20. The first-order chi connectivity index (χ1) is 10.2. The van der Waals surface area contributed by atoms with Crippen LogP contribution in [0.5, 0.6) is 0 Å². The van der Waals surface area contributed by atoms with E-state index in [1.54, 1.807) is 35.2 Å². The molecule has 2 rings (SSSR count). The van der Waals surface area contributed by atoms with Crippen molar-refractivity contribution < 1.29 is 4.39 Å². The second-order valence-corrected chi connectivity index (χ2v) is 7.04. The fourth-order valence-corrected chi connectivity index (χ4v) is 3.85. The monoisotopic (exact) mass is 324 g/mol. The van der Waals surface area contributed by atoms with Crippen LogP contribution in [0.4, 0.5) is 4.39 Å². The van der Waals surface area contributed by atoms with Gasteiger partial charge in [-0.3, -0.25) is 0 Å². The van der Waals surface area contributed by atoms with E-state index in [0.29, 0.717) is 6.04 Å². The molecule has 1 aromatic carbocycles. The molecule has 2 nitrogen and oxygen atoms in total. The van der Waals surface area contributed by atoms with Crippen molar-refractivity contribution in [1.82, 2.24) is 10.3 Å². The fraction of sp³-hybridized carbons (Fsp3) is 0.438. The standard InChI is InChI=1S/C16H21FN2S2/c1-3-7-18-14(9-16-19-12(2)10-21-16)11-20-15-6-4-5-13(17)8-15/h4-6,8,10,14,18H,3,7,9,11H2,1-2H3. The zero-order chi connectivity index (χ0) is 15.1. The normalized spacial score (nSPS) is 12.5. The molecule has 0 aliphatic rings. The molecule has 0 spiro atoms. The van der Waals surface area contributed by atoms with Gasteiger partial charge in [-0.1, -0.05) is 13.0 Å². The van der Waals surface area contributed by atoms with Gasteiger partial charge in [0.15, 0.2) is 0 Å². The molecule has 1 atom stereocenters. The Kier molecular flexibility index (Phi) is 6.67. The molecule has 1 aromatic heterocycles. The van der Waals surface area contributed by atoms with Crippen LogP contribution >= 0.6 is 23.1 Å². The summed E-state index contributed by atoms with van der Waals surface area (Å²) in [4.78, 5) is 5.52. The lowest BCUT2D eigenvalue weighted by molar-refractivity contribution is 0.549. The Hall–Kier alpha value is -0.910. The van der Waals surface area contributed by atoms with Gasteiger partial charge >= 0.3 is 0 Å². The third-order valence-corrected chi connectivity index (χ3v) is 5.16. The average molecular weight is 324 g/mol. The van der Waals surface area contributed by atoms with Crippen LogP contribution in [0.15, 0.2) is 34.5 Å². The first kappa shape index (κ1) is 16.5. The Bertz CT molecular complexity index is 557. The van der Waals surface area contributed by atoms with Crippen molar-refractivity contribution in [3.63, 3.8) is 0 Å². The summed E-state index contributed by atoms with van der Waals surface area (Å²) in [6, 6.07) is 7.16. The molecule has 5 heteroatoms. The minimum absolute atomic E-state index is 0.173. The Morgan fingerprint density at radius 2 is 2.29 bits per heavy atom. The third kappa shape index (κ3) is 5.77. The predicted octanol–water partition coefficient (Wildman–Crippen LogP) is 4.29. The number of thioether (sulfide) groups is 1. The highest BCUT2D eigenvalue weighted by atomic mass is 32.2. The molecule has 21 heavy (non-hydrogen) atoms. The molecule has 0 aliphatic heterocycles. The SMILES string of the molecule is CCCNC(CSc1cccc(F)c1)Cc1nc(C)cs1. The smallest absolute Gasteiger partial charge is 0.124 e. The summed E-state index contributed by atoms with van der Waals surface area (Å²) in [7, 11) is 0. The van der Waals surface area contributed by atoms with Crippen molar-refractivity contribution in [2.24, 2.45) is 0 Å². The van der Waals surface area contributed by atoms with Crippen LogP contribution in [0, 0.1) is 12.7 Å². The van der Waals surface area contributed by atoms with Crippen LogP contribution < -0.4 is 5.32 Å². The number of thiazole rings is 1. The first-order valence-corrected chi connectivity index (χ1v) is 9.06. The number of aryl methyl sites for hydroxylation is 1. The molecule has 1 N–H and O–H groups in total. The zero-order valence-corrected chi connectivity index (χ0v) is 14.1. The average Bonchev–Trinajstić information content (AvgIpc) is 2.87. The van der Waals surface area contributed by atoms with Crippen molar-refractivity contribution in [2.45, 2.75) is 37.6 Å². The largest absolute Gasteiger partial charge is 0.313 e. The van der Waals surface area contributed by atoms with E-state index >= 15 is 0 Å². The van der Waals surface area contributed by atoms with E-state index in [1.807, 2.05) is 13.0 Å². The highest BCUT2D eigenvalue weighted by molar-refractivity contribution is 7.99. The molecular formula is C16H21FN2S2. The summed E-state index contributed by atoms with van der Waals surface area (Å²) in [6.45, 7) is 5.19. The summed E-state index contributed by atoms with van der Waals surface area (Å²) >= 11 is 3.41. The van der Waals surface area contributed by atoms with Crippen LogP contribution in [0.25, 0.3) is 0 Å². The van der Waals surface area contributed by atoms with Crippen LogP contribution in [-0.2, 0) is 6.42 Å². The molecule has 0 amide bonds. The van der Waals surface area contributed by atoms with Gasteiger partial charge in [-0.05, 0) is 38.1 Å². The Morgan fingerprint density at radius 1 is 1.43 bits per heavy atom. The van der Waals surface area contributed by atoms with Crippen LogP contribution in [-0.4, -0.2) is 23.3 Å². The highest BCUT2D eigenvalue weighted by Gasteiger charge is 2.12. The van der Waals surface area contributed by atoms with E-state index in [1.165, 1.54) is 11.1 Å². The molecule has 1 heterocycles. The minimum atomic E-state index is -0.173.